The van der Waals surface area contributed by atoms with Crippen LogP contribution in [0, 0.1) is 25.2 Å². The van der Waals surface area contributed by atoms with Gasteiger partial charge in [0, 0.05) is 12.3 Å². The van der Waals surface area contributed by atoms with Crippen molar-refractivity contribution in [2.24, 2.45) is 0 Å². The van der Waals surface area contributed by atoms with E-state index in [0.29, 0.717) is 16.7 Å². The number of allylic oxidation sites excluding steroid dienone is 1. The molecule has 7 heteroatoms. The Balaban J connectivity index is 1.88. The Hall–Kier alpha value is -3.37. The van der Waals surface area contributed by atoms with Gasteiger partial charge in [-0.25, -0.2) is 9.50 Å². The fourth-order valence-corrected chi connectivity index (χ4v) is 3.52. The van der Waals surface area contributed by atoms with Gasteiger partial charge in [0.15, 0.2) is 10.8 Å². The molecule has 0 radical (unpaired) electrons. The van der Waals surface area contributed by atoms with Crippen molar-refractivity contribution in [3.8, 4) is 17.7 Å². The van der Waals surface area contributed by atoms with Crippen molar-refractivity contribution >= 4 is 34.4 Å². The summed E-state index contributed by atoms with van der Waals surface area (Å²) < 4.78 is 8.10. The molecule has 0 aliphatic rings. The Bertz CT molecular complexity index is 1250. The molecular weight excluding hydrogens is 370 g/mol. The highest BCUT2D eigenvalue weighted by Gasteiger charge is 2.18. The number of hydrogen-bond acceptors (Lipinski definition) is 6. The van der Waals surface area contributed by atoms with Gasteiger partial charge < -0.3 is 4.74 Å². The Labute approximate surface area is 166 Å². The van der Waals surface area contributed by atoms with Crippen LogP contribution in [0.4, 0.5) is 0 Å². The first-order valence-electron chi connectivity index (χ1n) is 8.65. The SMILES string of the molecule is CSc1nc(Oc2c(C)cc(/C=C/C#N)cc2C)c2c(n1)nn1ccccc21. The minimum atomic E-state index is 0.488. The van der Waals surface area contributed by atoms with Gasteiger partial charge in [-0.15, -0.1) is 5.10 Å². The normalized spacial score (nSPS) is 11.4. The summed E-state index contributed by atoms with van der Waals surface area (Å²) in [6.07, 6.45) is 7.05. The number of ether oxygens (including phenoxy) is 1. The number of aryl methyl sites for hydroxylation is 2. The molecular formula is C21H17N5OS. The summed E-state index contributed by atoms with van der Waals surface area (Å²) in [6, 6.07) is 11.8. The lowest BCUT2D eigenvalue weighted by atomic mass is 10.1. The molecule has 4 aromatic rings. The molecule has 3 aromatic heterocycles. The Kier molecular flexibility index (Phi) is 4.72. The van der Waals surface area contributed by atoms with E-state index in [0.717, 1.165) is 33.3 Å². The van der Waals surface area contributed by atoms with Gasteiger partial charge in [-0.05, 0) is 67.1 Å². The van der Waals surface area contributed by atoms with Gasteiger partial charge in [0.1, 0.15) is 11.1 Å². The van der Waals surface area contributed by atoms with Crippen LogP contribution >= 0.6 is 11.8 Å². The van der Waals surface area contributed by atoms with Gasteiger partial charge in [0.25, 0.3) is 0 Å². The molecule has 1 aromatic carbocycles. The Morgan fingerprint density at radius 1 is 1.18 bits per heavy atom. The molecule has 28 heavy (non-hydrogen) atoms. The third-order valence-electron chi connectivity index (χ3n) is 4.35. The van der Waals surface area contributed by atoms with Gasteiger partial charge in [-0.3, -0.25) is 0 Å². The molecule has 0 aliphatic heterocycles. The van der Waals surface area contributed by atoms with Gasteiger partial charge in [0.05, 0.1) is 11.6 Å². The van der Waals surface area contributed by atoms with Crippen LogP contribution in [0.25, 0.3) is 22.6 Å². The van der Waals surface area contributed by atoms with Crippen LogP contribution in [-0.2, 0) is 0 Å². The highest BCUT2D eigenvalue weighted by molar-refractivity contribution is 7.98. The summed E-state index contributed by atoms with van der Waals surface area (Å²) in [7, 11) is 0. The number of hydrogen-bond donors (Lipinski definition) is 0. The van der Waals surface area contributed by atoms with Crippen molar-refractivity contribution in [1.82, 2.24) is 19.6 Å². The molecule has 0 spiro atoms. The van der Waals surface area contributed by atoms with E-state index in [1.165, 1.54) is 17.8 Å². The first-order chi connectivity index (χ1) is 13.6. The maximum atomic E-state index is 8.75. The molecule has 0 unspecified atom stereocenters. The first-order valence-corrected chi connectivity index (χ1v) is 9.87. The molecule has 6 nitrogen and oxygen atoms in total. The fourth-order valence-electron chi connectivity index (χ4n) is 3.16. The molecule has 0 amide bonds. The summed E-state index contributed by atoms with van der Waals surface area (Å²) in [5.41, 5.74) is 4.38. The molecule has 0 saturated heterocycles. The number of pyridine rings is 1. The zero-order chi connectivity index (χ0) is 19.7. The maximum Gasteiger partial charge on any atom is 0.235 e. The summed E-state index contributed by atoms with van der Waals surface area (Å²) in [5.74, 6) is 1.23. The lowest BCUT2D eigenvalue weighted by Gasteiger charge is -2.13. The van der Waals surface area contributed by atoms with Crippen molar-refractivity contribution in [3.63, 3.8) is 0 Å². The van der Waals surface area contributed by atoms with Crippen LogP contribution in [0.5, 0.6) is 11.6 Å². The van der Waals surface area contributed by atoms with Crippen LogP contribution < -0.4 is 4.74 Å². The zero-order valence-corrected chi connectivity index (χ0v) is 16.5. The molecule has 0 N–H and O–H groups in total. The second-order valence-corrected chi connectivity index (χ2v) is 7.07. The van der Waals surface area contributed by atoms with E-state index >= 15 is 0 Å². The van der Waals surface area contributed by atoms with Crippen LogP contribution in [0.2, 0.25) is 0 Å². The third-order valence-corrected chi connectivity index (χ3v) is 4.90. The van der Waals surface area contributed by atoms with E-state index < -0.39 is 0 Å². The lowest BCUT2D eigenvalue weighted by molar-refractivity contribution is 0.456. The molecule has 0 saturated carbocycles. The van der Waals surface area contributed by atoms with Crippen molar-refractivity contribution < 1.29 is 4.74 Å². The minimum absolute atomic E-state index is 0.488. The molecule has 3 heterocycles. The number of fused-ring (bicyclic) bond motifs is 3. The average Bonchev–Trinajstić information content (AvgIpc) is 3.07. The summed E-state index contributed by atoms with van der Waals surface area (Å²) in [6.45, 7) is 3.96. The number of benzene rings is 1. The first kappa shape index (κ1) is 18.0. The molecule has 138 valence electrons. The second-order valence-electron chi connectivity index (χ2n) is 6.29. The van der Waals surface area contributed by atoms with Gasteiger partial charge >= 0.3 is 0 Å². The lowest BCUT2D eigenvalue weighted by Crippen LogP contribution is -1.97. The average molecular weight is 387 g/mol. The number of nitrogens with zero attached hydrogens (tertiary/aromatic N) is 5. The molecule has 0 fully saturated rings. The van der Waals surface area contributed by atoms with Crippen LogP contribution in [-0.4, -0.2) is 25.8 Å². The number of nitriles is 1. The summed E-state index contributed by atoms with van der Waals surface area (Å²) in [5, 5.41) is 14.7. The van der Waals surface area contributed by atoms with Crippen LogP contribution in [0.15, 0.2) is 47.8 Å². The van der Waals surface area contributed by atoms with Gasteiger partial charge in [-0.1, -0.05) is 17.8 Å². The van der Waals surface area contributed by atoms with E-state index in [9.17, 15) is 0 Å². The summed E-state index contributed by atoms with van der Waals surface area (Å²) in [4.78, 5) is 9.14. The fraction of sp³-hybridized carbons (Fsp3) is 0.143. The monoisotopic (exact) mass is 387 g/mol. The number of rotatable bonds is 4. The zero-order valence-electron chi connectivity index (χ0n) is 15.7. The smallest absolute Gasteiger partial charge is 0.235 e. The highest BCUT2D eigenvalue weighted by Crippen LogP contribution is 2.35. The van der Waals surface area contributed by atoms with Crippen LogP contribution in [0.1, 0.15) is 16.7 Å². The van der Waals surface area contributed by atoms with Gasteiger partial charge in [0.2, 0.25) is 5.88 Å². The predicted octanol–water partition coefficient (Wildman–Crippen LogP) is 4.95. The maximum absolute atomic E-state index is 8.75. The van der Waals surface area contributed by atoms with Crippen molar-refractivity contribution in [2.45, 2.75) is 19.0 Å². The largest absolute Gasteiger partial charge is 0.438 e. The quantitative estimate of drug-likeness (QED) is 0.280. The summed E-state index contributed by atoms with van der Waals surface area (Å²) >= 11 is 1.45. The van der Waals surface area contributed by atoms with Crippen molar-refractivity contribution in [2.75, 3.05) is 6.26 Å². The Morgan fingerprint density at radius 2 is 1.96 bits per heavy atom. The van der Waals surface area contributed by atoms with E-state index in [2.05, 4.69) is 15.1 Å². The van der Waals surface area contributed by atoms with E-state index in [-0.39, 0.29) is 0 Å². The second kappa shape index (κ2) is 7.33. The molecule has 4 rings (SSSR count). The number of thioether (sulfide) groups is 1. The molecule has 0 bridgehead atoms. The molecule has 0 atom stereocenters. The minimum Gasteiger partial charge on any atom is -0.438 e. The van der Waals surface area contributed by atoms with Crippen molar-refractivity contribution in [1.29, 1.82) is 5.26 Å². The highest BCUT2D eigenvalue weighted by atomic mass is 32.2. The standard InChI is InChI=1S/C21H17N5OS/c1-13-11-15(7-6-9-22)12-14(2)18(13)27-20-17-16-8-4-5-10-26(16)25-19(17)23-21(24-20)28-3/h4-8,10-12H,1-3H3/b7-6+. The van der Waals surface area contributed by atoms with E-state index in [1.807, 2.05) is 62.7 Å². The third kappa shape index (κ3) is 3.19. The van der Waals surface area contributed by atoms with Crippen molar-refractivity contribution in [3.05, 3.63) is 59.3 Å². The van der Waals surface area contributed by atoms with E-state index in [1.54, 1.807) is 10.6 Å². The van der Waals surface area contributed by atoms with Gasteiger partial charge in [-0.2, -0.15) is 10.2 Å². The Morgan fingerprint density at radius 3 is 2.68 bits per heavy atom. The topological polar surface area (TPSA) is 76.1 Å². The predicted molar refractivity (Wildman–Crippen MR) is 111 cm³/mol. The van der Waals surface area contributed by atoms with E-state index in [4.69, 9.17) is 10.00 Å². The number of aromatic nitrogens is 4. The molecule has 0 aliphatic carbocycles. The van der Waals surface area contributed by atoms with Crippen LogP contribution in [0.3, 0.4) is 0 Å².